The van der Waals surface area contributed by atoms with Crippen LogP contribution >= 0.6 is 11.6 Å². The molecule has 10 heteroatoms. The van der Waals surface area contributed by atoms with Crippen molar-refractivity contribution in [3.63, 3.8) is 0 Å². The fourth-order valence-electron chi connectivity index (χ4n) is 4.75. The number of nitrogens with one attached hydrogen (secondary N) is 1. The van der Waals surface area contributed by atoms with Gasteiger partial charge in [0.05, 0.1) is 19.1 Å². The highest BCUT2D eigenvalue weighted by atomic mass is 35.5. The van der Waals surface area contributed by atoms with Crippen molar-refractivity contribution in [3.05, 3.63) is 88.8 Å². The number of hydrazone groups is 1. The van der Waals surface area contributed by atoms with Gasteiger partial charge in [0.25, 0.3) is 11.8 Å². The molecule has 0 spiro atoms. The van der Waals surface area contributed by atoms with Crippen LogP contribution in [0.4, 0.5) is 4.79 Å². The molecular formula is C27H25ClN4O5. The van der Waals surface area contributed by atoms with E-state index in [1.807, 2.05) is 19.1 Å². The van der Waals surface area contributed by atoms with Crippen molar-refractivity contribution < 1.29 is 23.5 Å². The summed E-state index contributed by atoms with van der Waals surface area (Å²) < 4.78 is 10.8. The molecule has 0 saturated carbocycles. The lowest BCUT2D eigenvalue weighted by Crippen LogP contribution is -2.45. The largest absolute Gasteiger partial charge is 0.497 e. The third kappa shape index (κ3) is 4.35. The van der Waals surface area contributed by atoms with E-state index in [1.165, 1.54) is 11.3 Å². The van der Waals surface area contributed by atoms with Gasteiger partial charge in [0, 0.05) is 11.4 Å². The number of hydrogen-bond donors (Lipinski definition) is 1. The number of nitrogens with zero attached hydrogens (tertiary/aromatic N) is 3. The van der Waals surface area contributed by atoms with E-state index in [0.29, 0.717) is 40.6 Å². The second-order valence-corrected chi connectivity index (χ2v) is 9.27. The normalized spacial score (nSPS) is 21.3. The van der Waals surface area contributed by atoms with Crippen molar-refractivity contribution in [2.45, 2.75) is 31.3 Å². The lowest BCUT2D eigenvalue weighted by atomic mass is 9.87. The van der Waals surface area contributed by atoms with Crippen molar-refractivity contribution in [2.24, 2.45) is 5.10 Å². The van der Waals surface area contributed by atoms with E-state index in [0.717, 1.165) is 10.5 Å². The van der Waals surface area contributed by atoms with E-state index in [2.05, 4.69) is 10.4 Å². The number of methoxy groups -OCH3 is 1. The zero-order chi connectivity index (χ0) is 26.2. The predicted octanol–water partition coefficient (Wildman–Crippen LogP) is 4.48. The van der Waals surface area contributed by atoms with Crippen molar-refractivity contribution in [1.82, 2.24) is 15.2 Å². The average molecular weight is 521 g/mol. The molecule has 5 rings (SSSR count). The molecule has 1 saturated heterocycles. The van der Waals surface area contributed by atoms with E-state index in [4.69, 9.17) is 20.8 Å². The minimum absolute atomic E-state index is 0.312. The molecule has 2 aliphatic rings. The number of furan rings is 1. The lowest BCUT2D eigenvalue weighted by Gasteiger charge is -2.26. The van der Waals surface area contributed by atoms with E-state index in [1.54, 1.807) is 55.6 Å². The van der Waals surface area contributed by atoms with Crippen LogP contribution in [0.5, 0.6) is 5.75 Å². The molecule has 0 aliphatic carbocycles. The number of ether oxygens (including phenoxy) is 1. The summed E-state index contributed by atoms with van der Waals surface area (Å²) in [6, 6.07) is 16.5. The molecule has 2 aromatic carbocycles. The molecule has 3 heterocycles. The average Bonchev–Trinajstić information content (AvgIpc) is 3.65. The molecule has 9 nitrogen and oxygen atoms in total. The molecule has 2 aliphatic heterocycles. The predicted molar refractivity (Wildman–Crippen MR) is 136 cm³/mol. The number of carbonyl (C=O) groups excluding carboxylic acids is 3. The SMILES string of the molecule is CC[C@@]1(c2ccc(OC)cc2)NC(=O)N(CC(=O)N2N=C(c3ccc(Cl)cc3)C[C@H]2c2ccco2)C1=O. The van der Waals surface area contributed by atoms with Gasteiger partial charge in [-0.15, -0.1) is 0 Å². The number of benzene rings is 2. The molecule has 0 bridgehead atoms. The Balaban J connectivity index is 1.41. The van der Waals surface area contributed by atoms with E-state index >= 15 is 0 Å². The highest BCUT2D eigenvalue weighted by molar-refractivity contribution is 6.30. The summed E-state index contributed by atoms with van der Waals surface area (Å²) in [6.45, 7) is 1.35. The Kier molecular flexibility index (Phi) is 6.47. The zero-order valence-corrected chi connectivity index (χ0v) is 21.1. The monoisotopic (exact) mass is 520 g/mol. The van der Waals surface area contributed by atoms with Gasteiger partial charge in [-0.3, -0.25) is 14.5 Å². The summed E-state index contributed by atoms with van der Waals surface area (Å²) in [5.41, 5.74) is 0.828. The van der Waals surface area contributed by atoms with Gasteiger partial charge < -0.3 is 14.5 Å². The molecule has 1 fully saturated rings. The van der Waals surface area contributed by atoms with Crippen LogP contribution in [0.2, 0.25) is 5.02 Å². The molecular weight excluding hydrogens is 496 g/mol. The molecule has 0 radical (unpaired) electrons. The van der Waals surface area contributed by atoms with E-state index in [9.17, 15) is 14.4 Å². The molecule has 1 N–H and O–H groups in total. The first kappa shape index (κ1) is 24.6. The Hall–Kier alpha value is -4.11. The highest BCUT2D eigenvalue weighted by Gasteiger charge is 2.52. The van der Waals surface area contributed by atoms with Crippen molar-refractivity contribution in [2.75, 3.05) is 13.7 Å². The van der Waals surface area contributed by atoms with Crippen LogP contribution < -0.4 is 10.1 Å². The van der Waals surface area contributed by atoms with Gasteiger partial charge in [0.2, 0.25) is 0 Å². The van der Waals surface area contributed by atoms with Crippen LogP contribution in [0, 0.1) is 0 Å². The van der Waals surface area contributed by atoms with Crippen LogP contribution in [-0.4, -0.2) is 47.1 Å². The number of urea groups is 1. The van der Waals surface area contributed by atoms with Gasteiger partial charge in [-0.25, -0.2) is 9.80 Å². The minimum atomic E-state index is -1.27. The van der Waals surface area contributed by atoms with E-state index in [-0.39, 0.29) is 0 Å². The Morgan fingerprint density at radius 1 is 1.16 bits per heavy atom. The summed E-state index contributed by atoms with van der Waals surface area (Å²) in [5, 5.41) is 9.25. The standard InChI is InChI=1S/C27H25ClN4O5/c1-3-27(18-8-12-20(36-2)13-9-18)25(34)31(26(35)29-27)16-24(33)32-22(23-5-4-14-37-23)15-21(30-32)17-6-10-19(28)11-7-17/h4-14,22H,3,15-16H2,1-2H3,(H,29,35)/t22-,27-/m0/s1. The Bertz CT molecular complexity index is 1350. The van der Waals surface area contributed by atoms with Crippen molar-refractivity contribution in [1.29, 1.82) is 0 Å². The quantitative estimate of drug-likeness (QED) is 0.463. The topological polar surface area (TPSA) is 104 Å². The summed E-state index contributed by atoms with van der Waals surface area (Å²) >= 11 is 6.02. The van der Waals surface area contributed by atoms with Crippen LogP contribution in [0.15, 0.2) is 76.4 Å². The summed E-state index contributed by atoms with van der Waals surface area (Å²) in [4.78, 5) is 41.0. The Morgan fingerprint density at radius 3 is 2.51 bits per heavy atom. The molecule has 37 heavy (non-hydrogen) atoms. The number of halogens is 1. The number of carbonyl (C=O) groups is 3. The maximum absolute atomic E-state index is 13.6. The van der Waals surface area contributed by atoms with Gasteiger partial charge in [0.15, 0.2) is 0 Å². The number of imide groups is 1. The molecule has 2 atom stereocenters. The van der Waals surface area contributed by atoms with Crippen molar-refractivity contribution in [3.8, 4) is 5.75 Å². The summed E-state index contributed by atoms with van der Waals surface area (Å²) in [5.74, 6) is 0.190. The number of amides is 4. The summed E-state index contributed by atoms with van der Waals surface area (Å²) in [6.07, 6.45) is 2.25. The second kappa shape index (κ2) is 9.74. The van der Waals surface area contributed by atoms with Crippen molar-refractivity contribution >= 4 is 35.2 Å². The Morgan fingerprint density at radius 2 is 1.89 bits per heavy atom. The van der Waals surface area contributed by atoms with E-state index < -0.39 is 36.0 Å². The third-order valence-electron chi connectivity index (χ3n) is 6.80. The zero-order valence-electron chi connectivity index (χ0n) is 20.3. The fourth-order valence-corrected chi connectivity index (χ4v) is 4.88. The van der Waals surface area contributed by atoms with Crippen LogP contribution in [0.1, 0.15) is 42.7 Å². The highest BCUT2D eigenvalue weighted by Crippen LogP contribution is 2.36. The molecule has 0 unspecified atom stereocenters. The third-order valence-corrected chi connectivity index (χ3v) is 7.05. The number of hydrogen-bond acceptors (Lipinski definition) is 6. The van der Waals surface area contributed by atoms with Gasteiger partial charge in [-0.2, -0.15) is 5.10 Å². The molecule has 3 aromatic rings. The molecule has 1 aromatic heterocycles. The second-order valence-electron chi connectivity index (χ2n) is 8.84. The minimum Gasteiger partial charge on any atom is -0.497 e. The van der Waals surface area contributed by atoms with Crippen LogP contribution in [-0.2, 0) is 15.1 Å². The lowest BCUT2D eigenvalue weighted by molar-refractivity contribution is -0.140. The maximum atomic E-state index is 13.6. The summed E-state index contributed by atoms with van der Waals surface area (Å²) in [7, 11) is 1.55. The van der Waals surface area contributed by atoms with Gasteiger partial charge in [-0.1, -0.05) is 42.8 Å². The van der Waals surface area contributed by atoms with Gasteiger partial charge >= 0.3 is 6.03 Å². The molecule has 4 amide bonds. The number of rotatable bonds is 7. The first-order valence-electron chi connectivity index (χ1n) is 11.8. The fraction of sp³-hybridized carbons (Fsp3) is 0.259. The van der Waals surface area contributed by atoms with Gasteiger partial charge in [-0.05, 0) is 53.9 Å². The maximum Gasteiger partial charge on any atom is 0.325 e. The first-order chi connectivity index (χ1) is 17.9. The molecule has 190 valence electrons. The Labute approximate surface area is 218 Å². The van der Waals surface area contributed by atoms with Crippen LogP contribution in [0.3, 0.4) is 0 Å². The smallest absolute Gasteiger partial charge is 0.325 e. The van der Waals surface area contributed by atoms with Crippen LogP contribution in [0.25, 0.3) is 0 Å². The first-order valence-corrected chi connectivity index (χ1v) is 12.2. The van der Waals surface area contributed by atoms with Gasteiger partial charge in [0.1, 0.15) is 29.6 Å².